The number of ether oxygens (including phenoxy) is 2. The number of benzene rings is 1. The molecular formula is C15H13BrO4S. The van der Waals surface area contributed by atoms with Crippen LogP contribution in [0.3, 0.4) is 0 Å². The number of carbonyl (C=O) groups excluding carboxylic acids is 2. The zero-order valence-corrected chi connectivity index (χ0v) is 13.9. The highest BCUT2D eigenvalue weighted by atomic mass is 79.9. The predicted molar refractivity (Wildman–Crippen MR) is 84.2 cm³/mol. The molecule has 0 N–H and O–H groups in total. The van der Waals surface area contributed by atoms with Crippen molar-refractivity contribution in [2.24, 2.45) is 0 Å². The van der Waals surface area contributed by atoms with E-state index in [1.807, 2.05) is 0 Å². The van der Waals surface area contributed by atoms with Gasteiger partial charge in [0.1, 0.15) is 5.75 Å². The first kappa shape index (κ1) is 15.7. The number of rotatable bonds is 5. The Kier molecular flexibility index (Phi) is 5.14. The van der Waals surface area contributed by atoms with Gasteiger partial charge in [-0.2, -0.15) is 0 Å². The molecule has 6 heteroatoms. The first-order valence-electron chi connectivity index (χ1n) is 6.09. The van der Waals surface area contributed by atoms with E-state index in [1.54, 1.807) is 30.3 Å². The van der Waals surface area contributed by atoms with Crippen LogP contribution in [0.4, 0.5) is 0 Å². The molecule has 0 bridgehead atoms. The molecule has 1 aromatic carbocycles. The van der Waals surface area contributed by atoms with E-state index in [4.69, 9.17) is 4.74 Å². The average molecular weight is 369 g/mol. The van der Waals surface area contributed by atoms with Crippen molar-refractivity contribution in [3.8, 4) is 5.75 Å². The smallest absolute Gasteiger partial charge is 0.310 e. The summed E-state index contributed by atoms with van der Waals surface area (Å²) >= 11 is 4.63. The molecule has 21 heavy (non-hydrogen) atoms. The minimum absolute atomic E-state index is 0.125. The summed E-state index contributed by atoms with van der Waals surface area (Å²) in [5.41, 5.74) is 0.493. The zero-order chi connectivity index (χ0) is 15.4. The largest absolute Gasteiger partial charge is 0.496 e. The quantitative estimate of drug-likeness (QED) is 0.598. The summed E-state index contributed by atoms with van der Waals surface area (Å²) in [7, 11) is 2.87. The molecule has 0 spiro atoms. The maximum atomic E-state index is 12.5. The molecule has 1 heterocycles. The number of methoxy groups -OCH3 is 2. The Hall–Kier alpha value is -1.66. The maximum Gasteiger partial charge on any atom is 0.310 e. The highest BCUT2D eigenvalue weighted by Crippen LogP contribution is 2.28. The molecule has 0 saturated carbocycles. The van der Waals surface area contributed by atoms with Gasteiger partial charge >= 0.3 is 5.97 Å². The van der Waals surface area contributed by atoms with Crippen molar-refractivity contribution in [2.45, 2.75) is 6.42 Å². The van der Waals surface area contributed by atoms with Crippen molar-refractivity contribution in [1.29, 1.82) is 0 Å². The molecule has 0 aliphatic heterocycles. The Morgan fingerprint density at radius 2 is 1.95 bits per heavy atom. The Bertz CT molecular complexity index is 678. The Morgan fingerprint density at radius 3 is 2.62 bits per heavy atom. The Morgan fingerprint density at radius 1 is 1.19 bits per heavy atom. The minimum atomic E-state index is -0.322. The van der Waals surface area contributed by atoms with Crippen LogP contribution in [-0.4, -0.2) is 26.0 Å². The average Bonchev–Trinajstić information content (AvgIpc) is 2.94. The molecule has 0 unspecified atom stereocenters. The molecule has 0 fully saturated rings. The number of carbonyl (C=O) groups is 2. The van der Waals surface area contributed by atoms with Crippen LogP contribution in [0.1, 0.15) is 20.1 Å². The third-order valence-electron chi connectivity index (χ3n) is 2.84. The lowest BCUT2D eigenvalue weighted by atomic mass is 10.1. The van der Waals surface area contributed by atoms with E-state index < -0.39 is 0 Å². The molecule has 0 aliphatic rings. The molecule has 0 aliphatic carbocycles. The van der Waals surface area contributed by atoms with Gasteiger partial charge in [0.2, 0.25) is 5.78 Å². The van der Waals surface area contributed by atoms with Gasteiger partial charge in [0.15, 0.2) is 0 Å². The van der Waals surface area contributed by atoms with E-state index in [0.717, 1.165) is 9.35 Å². The van der Waals surface area contributed by atoms with Crippen molar-refractivity contribution >= 4 is 39.0 Å². The number of thiophene rings is 1. The van der Waals surface area contributed by atoms with Crippen molar-refractivity contribution in [2.75, 3.05) is 14.2 Å². The fourth-order valence-electron chi connectivity index (χ4n) is 1.79. The van der Waals surface area contributed by atoms with Crippen LogP contribution in [0.25, 0.3) is 0 Å². The number of esters is 1. The number of ketones is 1. The number of halogens is 1. The van der Waals surface area contributed by atoms with Gasteiger partial charge in [-0.3, -0.25) is 9.59 Å². The molecule has 4 nitrogen and oxygen atoms in total. The maximum absolute atomic E-state index is 12.5. The molecule has 0 saturated heterocycles. The summed E-state index contributed by atoms with van der Waals surface area (Å²) in [6, 6.07) is 8.73. The van der Waals surface area contributed by atoms with Crippen LogP contribution in [0.5, 0.6) is 5.75 Å². The lowest BCUT2D eigenvalue weighted by Gasteiger charge is -2.06. The summed E-state index contributed by atoms with van der Waals surface area (Å²) in [6.07, 6.45) is 0.173. The van der Waals surface area contributed by atoms with Gasteiger partial charge in [-0.15, -0.1) is 11.3 Å². The van der Waals surface area contributed by atoms with Crippen LogP contribution < -0.4 is 4.74 Å². The highest BCUT2D eigenvalue weighted by molar-refractivity contribution is 9.10. The first-order valence-corrected chi connectivity index (χ1v) is 7.70. The summed E-state index contributed by atoms with van der Waals surface area (Å²) < 4.78 is 10.7. The fourth-order valence-corrected chi connectivity index (χ4v) is 3.08. The van der Waals surface area contributed by atoms with Crippen molar-refractivity contribution < 1.29 is 19.1 Å². The monoisotopic (exact) mass is 368 g/mol. The predicted octanol–water partition coefficient (Wildman–Crippen LogP) is 3.47. The second-order valence-electron chi connectivity index (χ2n) is 4.19. The van der Waals surface area contributed by atoms with Gasteiger partial charge in [-0.25, -0.2) is 0 Å². The summed E-state index contributed by atoms with van der Waals surface area (Å²) in [6.45, 7) is 0. The molecule has 0 amide bonds. The second kappa shape index (κ2) is 6.87. The van der Waals surface area contributed by atoms with E-state index >= 15 is 0 Å². The van der Waals surface area contributed by atoms with Gasteiger partial charge in [0.05, 0.1) is 31.1 Å². The van der Waals surface area contributed by atoms with Gasteiger partial charge in [-0.1, -0.05) is 15.9 Å². The van der Waals surface area contributed by atoms with E-state index in [9.17, 15) is 9.59 Å². The normalized spacial score (nSPS) is 10.2. The van der Waals surface area contributed by atoms with Gasteiger partial charge in [0.25, 0.3) is 0 Å². The third-order valence-corrected chi connectivity index (χ3v) is 4.42. The second-order valence-corrected chi connectivity index (χ2v) is 6.28. The van der Waals surface area contributed by atoms with Crippen LogP contribution in [0.15, 0.2) is 34.8 Å². The van der Waals surface area contributed by atoms with E-state index in [-0.39, 0.29) is 18.2 Å². The van der Waals surface area contributed by atoms with Crippen molar-refractivity contribution in [1.82, 2.24) is 0 Å². The third kappa shape index (κ3) is 3.71. The lowest BCUT2D eigenvalue weighted by molar-refractivity contribution is -0.139. The summed E-state index contributed by atoms with van der Waals surface area (Å²) in [5, 5.41) is 0. The summed E-state index contributed by atoms with van der Waals surface area (Å²) in [5.74, 6) is 0.0647. The molecule has 0 atom stereocenters. The van der Waals surface area contributed by atoms with Crippen molar-refractivity contribution in [3.63, 3.8) is 0 Å². The van der Waals surface area contributed by atoms with Crippen LogP contribution >= 0.6 is 27.3 Å². The van der Waals surface area contributed by atoms with Gasteiger partial charge < -0.3 is 9.47 Å². The molecule has 1 aromatic heterocycles. The standard InChI is InChI=1S/C15H13BrO4S/c1-19-12-7-9(16)3-5-11(12)15(18)13-6-4-10(21-13)8-14(17)20-2/h3-7H,8H2,1-2H3. The van der Waals surface area contributed by atoms with Gasteiger partial charge in [0, 0.05) is 9.35 Å². The Balaban J connectivity index is 2.26. The molecule has 0 radical (unpaired) electrons. The molecule has 2 rings (SSSR count). The fraction of sp³-hybridized carbons (Fsp3) is 0.200. The van der Waals surface area contributed by atoms with Crippen LogP contribution in [-0.2, 0) is 16.0 Å². The minimum Gasteiger partial charge on any atom is -0.496 e. The SMILES string of the molecule is COC(=O)Cc1ccc(C(=O)c2ccc(Br)cc2OC)s1. The zero-order valence-electron chi connectivity index (χ0n) is 11.5. The van der Waals surface area contributed by atoms with Crippen LogP contribution in [0.2, 0.25) is 0 Å². The van der Waals surface area contributed by atoms with E-state index in [2.05, 4.69) is 20.7 Å². The lowest BCUT2D eigenvalue weighted by Crippen LogP contribution is -2.03. The molecule has 2 aromatic rings. The van der Waals surface area contributed by atoms with E-state index in [1.165, 1.54) is 25.6 Å². The molecule has 110 valence electrons. The van der Waals surface area contributed by atoms with Gasteiger partial charge in [-0.05, 0) is 30.3 Å². The first-order chi connectivity index (χ1) is 10.0. The van der Waals surface area contributed by atoms with Crippen molar-refractivity contribution in [3.05, 3.63) is 50.1 Å². The van der Waals surface area contributed by atoms with Crippen LogP contribution in [0, 0.1) is 0 Å². The van der Waals surface area contributed by atoms with E-state index in [0.29, 0.717) is 16.2 Å². The number of hydrogen-bond donors (Lipinski definition) is 0. The Labute approximate surface area is 134 Å². The molecular weight excluding hydrogens is 356 g/mol. The topological polar surface area (TPSA) is 52.6 Å². The number of hydrogen-bond acceptors (Lipinski definition) is 5. The summed E-state index contributed by atoms with van der Waals surface area (Å²) in [4.78, 5) is 25.1. The highest BCUT2D eigenvalue weighted by Gasteiger charge is 2.17.